The normalized spacial score (nSPS) is 11.8. The number of aryl methyl sites for hydroxylation is 2. The van der Waals surface area contributed by atoms with Crippen molar-refractivity contribution in [3.63, 3.8) is 0 Å². The Morgan fingerprint density at radius 1 is 1.00 bits per heavy atom. The van der Waals surface area contributed by atoms with Gasteiger partial charge in [-0.05, 0) is 37.6 Å². The number of aromatic nitrogens is 5. The molecule has 4 rings (SSSR count). The van der Waals surface area contributed by atoms with E-state index in [1.165, 1.54) is 23.9 Å². The van der Waals surface area contributed by atoms with Crippen molar-refractivity contribution in [2.45, 2.75) is 30.9 Å². The van der Waals surface area contributed by atoms with Gasteiger partial charge in [0.2, 0.25) is 11.7 Å². The Morgan fingerprint density at radius 3 is 2.43 bits per heavy atom. The maximum atomic E-state index is 12.7. The third-order valence-electron chi connectivity index (χ3n) is 4.41. The summed E-state index contributed by atoms with van der Waals surface area (Å²) in [7, 11) is 0. The van der Waals surface area contributed by atoms with Crippen molar-refractivity contribution in [2.24, 2.45) is 0 Å². The summed E-state index contributed by atoms with van der Waals surface area (Å²) >= 11 is 1.38. The molecule has 2 aromatic heterocycles. The monoisotopic (exact) mass is 431 g/mol. The van der Waals surface area contributed by atoms with Gasteiger partial charge in [-0.1, -0.05) is 47.3 Å². The van der Waals surface area contributed by atoms with Crippen LogP contribution in [0, 0.1) is 13.8 Å². The summed E-state index contributed by atoms with van der Waals surface area (Å²) in [6.07, 6.45) is -4.39. The summed E-state index contributed by atoms with van der Waals surface area (Å²) in [4.78, 5) is 4.28. The third-order valence-corrected chi connectivity index (χ3v) is 5.33. The van der Waals surface area contributed by atoms with Gasteiger partial charge in [-0.15, -0.1) is 10.2 Å². The Kier molecular flexibility index (Phi) is 5.33. The first-order valence-electron chi connectivity index (χ1n) is 8.94. The molecule has 154 valence electrons. The molecule has 0 atom stereocenters. The molecule has 0 spiro atoms. The smallest absolute Gasteiger partial charge is 0.338 e. The van der Waals surface area contributed by atoms with Crippen LogP contribution >= 0.6 is 11.8 Å². The summed E-state index contributed by atoms with van der Waals surface area (Å²) in [5, 5.41) is 12.9. The molecule has 30 heavy (non-hydrogen) atoms. The molecule has 0 aliphatic rings. The van der Waals surface area contributed by atoms with Crippen molar-refractivity contribution in [1.82, 2.24) is 24.9 Å². The molecule has 0 fully saturated rings. The second-order valence-electron chi connectivity index (χ2n) is 6.53. The zero-order valence-electron chi connectivity index (χ0n) is 16.0. The molecular weight excluding hydrogens is 415 g/mol. The van der Waals surface area contributed by atoms with Crippen molar-refractivity contribution in [3.05, 3.63) is 71.4 Å². The maximum absolute atomic E-state index is 12.7. The van der Waals surface area contributed by atoms with E-state index in [2.05, 4.69) is 20.3 Å². The molecule has 0 aliphatic heterocycles. The highest BCUT2D eigenvalue weighted by Gasteiger charge is 2.30. The molecule has 4 aromatic rings. The van der Waals surface area contributed by atoms with Gasteiger partial charge in [0.25, 0.3) is 0 Å². The van der Waals surface area contributed by atoms with Gasteiger partial charge in [0.15, 0.2) is 5.16 Å². The van der Waals surface area contributed by atoms with E-state index in [9.17, 15) is 13.2 Å². The van der Waals surface area contributed by atoms with Gasteiger partial charge >= 0.3 is 6.18 Å². The lowest BCUT2D eigenvalue weighted by atomic mass is 10.1. The molecule has 2 heterocycles. The van der Waals surface area contributed by atoms with Crippen LogP contribution in [-0.2, 0) is 11.9 Å². The number of hydrogen-bond acceptors (Lipinski definition) is 6. The van der Waals surface area contributed by atoms with Crippen molar-refractivity contribution in [2.75, 3.05) is 0 Å². The number of halogens is 3. The minimum atomic E-state index is -4.39. The van der Waals surface area contributed by atoms with Crippen LogP contribution < -0.4 is 0 Å². The predicted molar refractivity (Wildman–Crippen MR) is 105 cm³/mol. The van der Waals surface area contributed by atoms with Gasteiger partial charge in [-0.3, -0.25) is 4.57 Å². The van der Waals surface area contributed by atoms with E-state index in [0.717, 1.165) is 29.2 Å². The minimum absolute atomic E-state index is 0.232. The molecule has 0 saturated carbocycles. The fourth-order valence-electron chi connectivity index (χ4n) is 2.89. The largest absolute Gasteiger partial charge is 0.416 e. The number of rotatable bonds is 5. The van der Waals surface area contributed by atoms with Crippen LogP contribution in [0.25, 0.3) is 17.1 Å². The van der Waals surface area contributed by atoms with E-state index < -0.39 is 11.7 Å². The molecule has 0 N–H and O–H groups in total. The molecule has 0 aliphatic carbocycles. The van der Waals surface area contributed by atoms with E-state index in [-0.39, 0.29) is 5.82 Å². The lowest BCUT2D eigenvalue weighted by Gasteiger charge is -2.10. The summed E-state index contributed by atoms with van der Waals surface area (Å²) in [6, 6.07) is 12.5. The zero-order valence-corrected chi connectivity index (χ0v) is 16.8. The number of benzene rings is 2. The molecular formula is C20H16F3N5OS. The summed E-state index contributed by atoms with van der Waals surface area (Å²) in [6.45, 7) is 3.89. The van der Waals surface area contributed by atoms with Gasteiger partial charge < -0.3 is 4.52 Å². The van der Waals surface area contributed by atoms with Crippen LogP contribution in [0.2, 0.25) is 0 Å². The molecule has 6 nitrogen and oxygen atoms in total. The molecule has 0 radical (unpaired) electrons. The standard InChI is InChI=1S/C20H16F3N5OS/c1-12-5-3-4-6-16(12)28-13(2)25-26-19(28)30-11-17-24-18(27-29-17)14-7-9-15(10-8-14)20(21,22)23/h3-10H,11H2,1-2H3. The number of nitrogens with zero attached hydrogens (tertiary/aromatic N) is 5. The van der Waals surface area contributed by atoms with E-state index in [1.54, 1.807) is 0 Å². The Balaban J connectivity index is 1.50. The van der Waals surface area contributed by atoms with Gasteiger partial charge in [-0.2, -0.15) is 18.2 Å². The predicted octanol–water partition coefficient (Wildman–Crippen LogP) is 5.25. The Bertz CT molecular complexity index is 1170. The fraction of sp³-hybridized carbons (Fsp3) is 0.200. The number of alkyl halides is 3. The summed E-state index contributed by atoms with van der Waals surface area (Å²) < 4.78 is 45.3. The number of hydrogen-bond donors (Lipinski definition) is 0. The van der Waals surface area contributed by atoms with Gasteiger partial charge in [0.1, 0.15) is 5.82 Å². The minimum Gasteiger partial charge on any atom is -0.338 e. The van der Waals surface area contributed by atoms with Crippen LogP contribution in [0.4, 0.5) is 13.2 Å². The average molecular weight is 431 g/mol. The van der Waals surface area contributed by atoms with Crippen molar-refractivity contribution < 1.29 is 17.7 Å². The quantitative estimate of drug-likeness (QED) is 0.402. The van der Waals surface area contributed by atoms with E-state index >= 15 is 0 Å². The number of thioether (sulfide) groups is 1. The topological polar surface area (TPSA) is 69.6 Å². The van der Waals surface area contributed by atoms with Crippen LogP contribution in [0.1, 0.15) is 22.8 Å². The van der Waals surface area contributed by atoms with Crippen LogP contribution in [0.15, 0.2) is 58.2 Å². The van der Waals surface area contributed by atoms with Crippen molar-refractivity contribution in [1.29, 1.82) is 0 Å². The molecule has 0 saturated heterocycles. The average Bonchev–Trinajstić information content (AvgIpc) is 3.33. The lowest BCUT2D eigenvalue weighted by Crippen LogP contribution is -2.04. The molecule has 2 aromatic carbocycles. The van der Waals surface area contributed by atoms with Crippen molar-refractivity contribution in [3.8, 4) is 17.1 Å². The van der Waals surface area contributed by atoms with Gasteiger partial charge in [-0.25, -0.2) is 0 Å². The van der Waals surface area contributed by atoms with Crippen molar-refractivity contribution >= 4 is 11.8 Å². The molecule has 0 unspecified atom stereocenters. The first-order chi connectivity index (χ1) is 14.3. The van der Waals surface area contributed by atoms with E-state index in [0.29, 0.717) is 22.4 Å². The van der Waals surface area contributed by atoms with Crippen LogP contribution in [0.5, 0.6) is 0 Å². The fourth-order valence-corrected chi connectivity index (χ4v) is 3.72. The maximum Gasteiger partial charge on any atom is 0.416 e. The van der Waals surface area contributed by atoms with E-state index in [4.69, 9.17) is 4.52 Å². The second-order valence-corrected chi connectivity index (χ2v) is 7.47. The van der Waals surface area contributed by atoms with E-state index in [1.807, 2.05) is 42.7 Å². The zero-order chi connectivity index (χ0) is 21.3. The summed E-state index contributed by atoms with van der Waals surface area (Å²) in [5.41, 5.74) is 1.79. The second kappa shape index (κ2) is 7.94. The van der Waals surface area contributed by atoms with Crippen LogP contribution in [-0.4, -0.2) is 24.9 Å². The Hall–Kier alpha value is -3.14. The summed E-state index contributed by atoms with van der Waals surface area (Å²) in [5.74, 6) is 1.67. The Labute approximate surface area is 174 Å². The van der Waals surface area contributed by atoms with Gasteiger partial charge in [0.05, 0.1) is 17.0 Å². The third kappa shape index (κ3) is 4.09. The van der Waals surface area contributed by atoms with Crippen LogP contribution in [0.3, 0.4) is 0 Å². The first-order valence-corrected chi connectivity index (χ1v) is 9.92. The highest BCUT2D eigenvalue weighted by Crippen LogP contribution is 2.31. The highest BCUT2D eigenvalue weighted by atomic mass is 32.2. The number of para-hydroxylation sites is 1. The van der Waals surface area contributed by atoms with Gasteiger partial charge in [0, 0.05) is 5.56 Å². The molecule has 10 heteroatoms. The SMILES string of the molecule is Cc1ccccc1-n1c(C)nnc1SCc1nc(-c2ccc(C(F)(F)F)cc2)no1. The highest BCUT2D eigenvalue weighted by molar-refractivity contribution is 7.98. The molecule has 0 amide bonds. The Morgan fingerprint density at radius 2 is 1.73 bits per heavy atom. The first kappa shape index (κ1) is 20.1. The lowest BCUT2D eigenvalue weighted by molar-refractivity contribution is -0.137. The molecule has 0 bridgehead atoms.